The number of carboxylic acids is 3. The summed E-state index contributed by atoms with van der Waals surface area (Å²) in [4.78, 5) is 31.3. The molecule has 0 spiro atoms. The molecule has 0 radical (unpaired) electrons. The van der Waals surface area contributed by atoms with E-state index in [0.717, 1.165) is 30.6 Å². The van der Waals surface area contributed by atoms with E-state index < -0.39 is 41.7 Å². The summed E-state index contributed by atoms with van der Waals surface area (Å²) in [5.41, 5.74) is 0.388. The highest BCUT2D eigenvalue weighted by molar-refractivity contribution is 6.30. The average Bonchev–Trinajstić information content (AvgIpc) is 2.95. The van der Waals surface area contributed by atoms with Gasteiger partial charge in [0.15, 0.2) is 0 Å². The van der Waals surface area contributed by atoms with Crippen LogP contribution in [0.5, 0.6) is 5.75 Å². The normalized spacial score (nSPS) is 19.5. The summed E-state index contributed by atoms with van der Waals surface area (Å²) in [6, 6.07) is 12.3. The fourth-order valence-electron chi connectivity index (χ4n) is 4.36. The van der Waals surface area contributed by atoms with Crippen LogP contribution in [0.25, 0.3) is 0 Å². The van der Waals surface area contributed by atoms with Gasteiger partial charge in [0.25, 0.3) is 0 Å². The number of hydrogen-bond donors (Lipinski definition) is 5. The zero-order valence-corrected chi connectivity index (χ0v) is 26.7. The van der Waals surface area contributed by atoms with E-state index in [0.29, 0.717) is 24.1 Å². The quantitative estimate of drug-likeness (QED) is 0.202. The fourth-order valence-corrected chi connectivity index (χ4v) is 4.49. The molecule has 0 aromatic heterocycles. The molecule has 10 nitrogen and oxygen atoms in total. The number of hydrogen-bond acceptors (Lipinski definition) is 7. The van der Waals surface area contributed by atoms with Crippen LogP contribution in [0.2, 0.25) is 5.02 Å². The van der Waals surface area contributed by atoms with Crippen LogP contribution in [-0.4, -0.2) is 93.0 Å². The molecule has 0 unspecified atom stereocenters. The lowest BCUT2D eigenvalue weighted by molar-refractivity contribution is -0.193. The Hall–Kier alpha value is -3.67. The SMILES string of the molecule is C[C@@H]1C[C@@H](NC[C@](C)(O)COc2cc(F)ccc2CC(=O)O)[C@@H](C)CN1Cc1ccc(Cl)cc1.O=C(O)C(F)(F)F.O=C(O)C(F)(F)F. The van der Waals surface area contributed by atoms with Gasteiger partial charge in [0.1, 0.15) is 23.8 Å². The van der Waals surface area contributed by atoms with Crippen LogP contribution in [0.3, 0.4) is 0 Å². The predicted molar refractivity (Wildman–Crippen MR) is 158 cm³/mol. The first kappa shape index (κ1) is 42.4. The second-order valence-electron chi connectivity index (χ2n) is 11.3. The number of likely N-dealkylation sites (tertiary alicyclic amines) is 1. The highest BCUT2D eigenvalue weighted by Gasteiger charge is 2.39. The third kappa shape index (κ3) is 16.0. The molecule has 0 amide bonds. The first-order valence-electron chi connectivity index (χ1n) is 14.1. The van der Waals surface area contributed by atoms with Gasteiger partial charge in [-0.25, -0.2) is 14.0 Å². The van der Waals surface area contributed by atoms with Crippen molar-refractivity contribution in [1.82, 2.24) is 10.2 Å². The van der Waals surface area contributed by atoms with E-state index in [4.69, 9.17) is 41.2 Å². The number of piperidine rings is 1. The molecule has 1 heterocycles. The highest BCUT2D eigenvalue weighted by Crippen LogP contribution is 2.26. The highest BCUT2D eigenvalue weighted by atomic mass is 35.5. The third-order valence-corrected chi connectivity index (χ3v) is 7.12. The molecular formula is C30H36ClF7N2O8. The van der Waals surface area contributed by atoms with Crippen molar-refractivity contribution in [3.8, 4) is 5.75 Å². The molecule has 18 heteroatoms. The van der Waals surface area contributed by atoms with Gasteiger partial charge in [-0.3, -0.25) is 9.69 Å². The maximum Gasteiger partial charge on any atom is 0.490 e. The van der Waals surface area contributed by atoms with Crippen molar-refractivity contribution >= 4 is 29.5 Å². The van der Waals surface area contributed by atoms with E-state index >= 15 is 0 Å². The molecule has 270 valence electrons. The number of aliphatic carboxylic acids is 3. The van der Waals surface area contributed by atoms with Crippen molar-refractivity contribution in [3.63, 3.8) is 0 Å². The van der Waals surface area contributed by atoms with Gasteiger partial charge >= 0.3 is 30.3 Å². The second kappa shape index (κ2) is 18.2. The minimum absolute atomic E-state index is 0.0879. The maximum absolute atomic E-state index is 13.6. The molecule has 1 aliphatic rings. The number of rotatable bonds is 10. The molecular weight excluding hydrogens is 685 g/mol. The van der Waals surface area contributed by atoms with Gasteiger partial charge in [-0.1, -0.05) is 36.7 Å². The van der Waals surface area contributed by atoms with E-state index in [1.807, 2.05) is 12.1 Å². The van der Waals surface area contributed by atoms with Crippen molar-refractivity contribution in [2.24, 2.45) is 5.92 Å². The van der Waals surface area contributed by atoms with Gasteiger partial charge in [0, 0.05) is 48.4 Å². The number of carboxylic acid groups (broad SMARTS) is 3. The number of nitrogens with zero attached hydrogens (tertiary/aromatic N) is 1. The summed E-state index contributed by atoms with van der Waals surface area (Å²) in [6.45, 7) is 8.08. The van der Waals surface area contributed by atoms with E-state index in [1.54, 1.807) is 6.92 Å². The maximum atomic E-state index is 13.6. The summed E-state index contributed by atoms with van der Waals surface area (Å²) in [6.07, 6.45) is -9.50. The number of aliphatic hydroxyl groups is 1. The van der Waals surface area contributed by atoms with Gasteiger partial charge in [-0.05, 0) is 49.9 Å². The molecule has 0 bridgehead atoms. The summed E-state index contributed by atoms with van der Waals surface area (Å²) < 4.78 is 82.8. The van der Waals surface area contributed by atoms with Crippen molar-refractivity contribution in [3.05, 3.63) is 64.4 Å². The van der Waals surface area contributed by atoms with Crippen molar-refractivity contribution < 1.29 is 70.3 Å². The van der Waals surface area contributed by atoms with Crippen LogP contribution in [-0.2, 0) is 27.3 Å². The van der Waals surface area contributed by atoms with Crippen LogP contribution in [0.4, 0.5) is 30.7 Å². The Morgan fingerprint density at radius 3 is 1.96 bits per heavy atom. The molecule has 1 fully saturated rings. The van der Waals surface area contributed by atoms with Gasteiger partial charge < -0.3 is 30.5 Å². The van der Waals surface area contributed by atoms with Crippen LogP contribution < -0.4 is 10.1 Å². The molecule has 5 N–H and O–H groups in total. The number of carbonyl (C=O) groups is 3. The smallest absolute Gasteiger partial charge is 0.490 e. The summed E-state index contributed by atoms with van der Waals surface area (Å²) in [5.74, 6) is -6.55. The first-order chi connectivity index (χ1) is 21.9. The zero-order chi connectivity index (χ0) is 37.0. The molecule has 1 aliphatic heterocycles. The number of ether oxygens (including phenoxy) is 1. The zero-order valence-electron chi connectivity index (χ0n) is 25.9. The first-order valence-corrected chi connectivity index (χ1v) is 14.5. The van der Waals surface area contributed by atoms with Crippen LogP contribution in [0.15, 0.2) is 42.5 Å². The molecule has 48 heavy (non-hydrogen) atoms. The molecule has 0 saturated carbocycles. The van der Waals surface area contributed by atoms with Crippen LogP contribution in [0, 0.1) is 11.7 Å². The van der Waals surface area contributed by atoms with E-state index in [9.17, 15) is 40.6 Å². The number of nitrogens with one attached hydrogen (secondary N) is 1. The van der Waals surface area contributed by atoms with Gasteiger partial charge in [-0.15, -0.1) is 0 Å². The lowest BCUT2D eigenvalue weighted by Crippen LogP contribution is -2.55. The molecule has 4 atom stereocenters. The Labute approximate surface area is 276 Å². The predicted octanol–water partition coefficient (Wildman–Crippen LogP) is 5.39. The fraction of sp³-hybridized carbons (Fsp3) is 0.500. The van der Waals surface area contributed by atoms with Gasteiger partial charge in [-0.2, -0.15) is 26.3 Å². The monoisotopic (exact) mass is 720 g/mol. The average molecular weight is 721 g/mol. The molecule has 2 aromatic carbocycles. The molecule has 1 saturated heterocycles. The van der Waals surface area contributed by atoms with Crippen LogP contribution in [0.1, 0.15) is 38.3 Å². The van der Waals surface area contributed by atoms with Gasteiger partial charge in [0.2, 0.25) is 0 Å². The Balaban J connectivity index is 0.000000687. The molecule has 3 rings (SSSR count). The number of alkyl halides is 6. The van der Waals surface area contributed by atoms with Crippen LogP contribution >= 0.6 is 11.6 Å². The Kier molecular flexibility index (Phi) is 16.1. The Morgan fingerprint density at radius 1 is 0.958 bits per heavy atom. The van der Waals surface area contributed by atoms with Gasteiger partial charge in [0.05, 0.1) is 6.42 Å². The Bertz CT molecular complexity index is 1330. The van der Waals surface area contributed by atoms with E-state index in [1.165, 1.54) is 17.7 Å². The standard InChI is InChI=1S/C26H34ClFN2O4.2C2HF3O2/c1-17-13-30(14-19-4-7-21(27)8-5-19)18(2)10-23(17)29-15-26(3,33)16-34-24-12-22(28)9-6-20(24)11-25(31)32;2*3-2(4,5)1(6)7/h4-9,12,17-18,23,29,33H,10-11,13-16H2,1-3H3,(H,31,32);2*(H,6,7)/t17-,18+,23+,26-;;/m0../s1. The topological polar surface area (TPSA) is 157 Å². The number of halogens is 8. The summed E-state index contributed by atoms with van der Waals surface area (Å²) >= 11 is 6.00. The largest absolute Gasteiger partial charge is 0.490 e. The summed E-state index contributed by atoms with van der Waals surface area (Å²) in [5, 5.41) is 38.4. The summed E-state index contributed by atoms with van der Waals surface area (Å²) in [7, 11) is 0. The lowest BCUT2D eigenvalue weighted by atomic mass is 9.88. The van der Waals surface area contributed by atoms with E-state index in [2.05, 4.69) is 36.2 Å². The number of benzene rings is 2. The molecule has 0 aliphatic carbocycles. The second-order valence-corrected chi connectivity index (χ2v) is 11.8. The van der Waals surface area contributed by atoms with Crippen molar-refractivity contribution in [1.29, 1.82) is 0 Å². The molecule has 2 aromatic rings. The minimum atomic E-state index is -5.08. The third-order valence-electron chi connectivity index (χ3n) is 6.87. The van der Waals surface area contributed by atoms with Crippen molar-refractivity contribution in [2.45, 2.75) is 70.2 Å². The minimum Gasteiger partial charge on any atom is -0.490 e. The van der Waals surface area contributed by atoms with Crippen molar-refractivity contribution in [2.75, 3.05) is 19.7 Å². The van der Waals surface area contributed by atoms with E-state index in [-0.39, 0.29) is 24.8 Å². The Morgan fingerprint density at radius 2 is 1.48 bits per heavy atom. The lowest BCUT2D eigenvalue weighted by Gasteiger charge is -2.43.